The van der Waals surface area contributed by atoms with Gasteiger partial charge in [-0.15, -0.1) is 0 Å². The fourth-order valence-corrected chi connectivity index (χ4v) is 3.54. The number of halogens is 1. The lowest BCUT2D eigenvalue weighted by Crippen LogP contribution is -2.50. The molecule has 1 saturated heterocycles. The predicted octanol–water partition coefficient (Wildman–Crippen LogP) is 4.35. The lowest BCUT2D eigenvalue weighted by Gasteiger charge is -2.38. The van der Waals surface area contributed by atoms with Gasteiger partial charge in [-0.25, -0.2) is 4.79 Å². The number of hydrogen-bond donors (Lipinski definition) is 0. The van der Waals surface area contributed by atoms with Gasteiger partial charge >= 0.3 is 6.09 Å². The molecule has 1 aliphatic rings. The summed E-state index contributed by atoms with van der Waals surface area (Å²) in [6.45, 7) is 16.1. The van der Waals surface area contributed by atoms with Crippen molar-refractivity contribution in [2.24, 2.45) is 0 Å². The fraction of sp³-hybridized carbons (Fsp3) is 0.650. The highest BCUT2D eigenvalue weighted by molar-refractivity contribution is 9.10. The second kappa shape index (κ2) is 9.09. The zero-order valence-electron chi connectivity index (χ0n) is 16.7. The minimum absolute atomic E-state index is 0.212. The minimum Gasteiger partial charge on any atom is -0.444 e. The molecule has 1 heterocycles. The number of nitrogens with zero attached hydrogens (tertiary/aromatic N) is 3. The summed E-state index contributed by atoms with van der Waals surface area (Å²) in [6.07, 6.45) is -0.212. The Bertz CT molecular complexity index is 604. The van der Waals surface area contributed by atoms with Crippen LogP contribution >= 0.6 is 15.9 Å². The normalized spacial score (nSPS) is 15.5. The van der Waals surface area contributed by atoms with E-state index in [0.29, 0.717) is 13.1 Å². The second-order valence-electron chi connectivity index (χ2n) is 7.69. The van der Waals surface area contributed by atoms with Crippen LogP contribution in [0.1, 0.15) is 40.2 Å². The van der Waals surface area contributed by atoms with E-state index in [1.54, 1.807) is 0 Å². The first-order valence-corrected chi connectivity index (χ1v) is 10.3. The molecule has 0 N–H and O–H groups in total. The van der Waals surface area contributed by atoms with Gasteiger partial charge in [-0.05, 0) is 57.6 Å². The monoisotopic (exact) mass is 425 g/mol. The first-order valence-electron chi connectivity index (χ1n) is 9.47. The Kier molecular flexibility index (Phi) is 7.35. The summed E-state index contributed by atoms with van der Waals surface area (Å²) in [4.78, 5) is 18.9. The van der Waals surface area contributed by atoms with Gasteiger partial charge in [0.05, 0.1) is 0 Å². The van der Waals surface area contributed by atoms with Crippen molar-refractivity contribution in [2.75, 3.05) is 44.2 Å². The van der Waals surface area contributed by atoms with Crippen LogP contribution in [0, 0.1) is 0 Å². The molecule has 1 aromatic rings. The van der Waals surface area contributed by atoms with E-state index in [0.717, 1.165) is 37.2 Å². The topological polar surface area (TPSA) is 36.0 Å². The van der Waals surface area contributed by atoms with Crippen molar-refractivity contribution >= 4 is 27.7 Å². The van der Waals surface area contributed by atoms with Crippen molar-refractivity contribution in [2.45, 2.75) is 46.8 Å². The summed E-state index contributed by atoms with van der Waals surface area (Å²) in [7, 11) is 0. The van der Waals surface area contributed by atoms with Gasteiger partial charge < -0.3 is 14.5 Å². The Balaban J connectivity index is 2.06. The van der Waals surface area contributed by atoms with Crippen molar-refractivity contribution in [3.8, 4) is 0 Å². The van der Waals surface area contributed by atoms with Crippen LogP contribution in [0.4, 0.5) is 10.5 Å². The quantitative estimate of drug-likeness (QED) is 0.702. The number of carbonyl (C=O) groups is 1. The van der Waals surface area contributed by atoms with E-state index in [4.69, 9.17) is 4.74 Å². The number of anilines is 1. The summed E-state index contributed by atoms with van der Waals surface area (Å²) in [5.74, 6) is 0. The summed E-state index contributed by atoms with van der Waals surface area (Å²) in [5, 5.41) is 0. The Morgan fingerprint density at radius 1 is 1.15 bits per heavy atom. The van der Waals surface area contributed by atoms with Crippen LogP contribution in [0.2, 0.25) is 0 Å². The van der Waals surface area contributed by atoms with Crippen LogP contribution in [-0.2, 0) is 11.3 Å². The van der Waals surface area contributed by atoms with E-state index in [1.165, 1.54) is 11.3 Å². The molecule has 0 aromatic heterocycles. The molecule has 1 fully saturated rings. The molecule has 0 radical (unpaired) electrons. The molecule has 1 aliphatic heterocycles. The third-order valence-electron chi connectivity index (χ3n) is 4.60. The van der Waals surface area contributed by atoms with Crippen LogP contribution < -0.4 is 4.90 Å². The highest BCUT2D eigenvalue weighted by Gasteiger charge is 2.26. The molecular weight excluding hydrogens is 394 g/mol. The van der Waals surface area contributed by atoms with E-state index >= 15 is 0 Å². The molecule has 1 amide bonds. The van der Waals surface area contributed by atoms with Gasteiger partial charge in [0.1, 0.15) is 5.60 Å². The van der Waals surface area contributed by atoms with Gasteiger partial charge in [0.25, 0.3) is 0 Å². The van der Waals surface area contributed by atoms with Crippen LogP contribution in [0.25, 0.3) is 0 Å². The molecule has 0 unspecified atom stereocenters. The summed E-state index contributed by atoms with van der Waals surface area (Å²) in [5.41, 5.74) is 2.15. The van der Waals surface area contributed by atoms with E-state index in [9.17, 15) is 4.79 Å². The van der Waals surface area contributed by atoms with Gasteiger partial charge in [0, 0.05) is 42.9 Å². The van der Waals surface area contributed by atoms with E-state index in [-0.39, 0.29) is 6.09 Å². The molecular formula is C20H32BrN3O2. The molecule has 5 nitrogen and oxygen atoms in total. The Hall–Kier alpha value is -1.27. The number of rotatable bonds is 5. The van der Waals surface area contributed by atoms with Crippen molar-refractivity contribution in [1.29, 1.82) is 0 Å². The van der Waals surface area contributed by atoms with Crippen LogP contribution in [0.5, 0.6) is 0 Å². The van der Waals surface area contributed by atoms with Crippen molar-refractivity contribution < 1.29 is 9.53 Å². The first kappa shape index (κ1) is 21.0. The lowest BCUT2D eigenvalue weighted by molar-refractivity contribution is 0.0240. The number of amides is 1. The highest BCUT2D eigenvalue weighted by atomic mass is 79.9. The third kappa shape index (κ3) is 5.88. The zero-order valence-corrected chi connectivity index (χ0v) is 18.3. The maximum atomic E-state index is 12.3. The molecule has 0 spiro atoms. The summed E-state index contributed by atoms with van der Waals surface area (Å²) >= 11 is 3.60. The van der Waals surface area contributed by atoms with Crippen LogP contribution in [-0.4, -0.2) is 60.8 Å². The Morgan fingerprint density at radius 3 is 2.31 bits per heavy atom. The van der Waals surface area contributed by atoms with Crippen molar-refractivity contribution in [3.05, 3.63) is 28.2 Å². The Labute approximate surface area is 166 Å². The van der Waals surface area contributed by atoms with E-state index in [1.807, 2.05) is 25.7 Å². The molecule has 0 atom stereocenters. The SMILES string of the molecule is CCN(CC)Cc1cc(Br)ccc1N1CCN(C(=O)OC(C)(C)C)CC1. The zero-order chi connectivity index (χ0) is 19.3. The largest absolute Gasteiger partial charge is 0.444 e. The molecule has 26 heavy (non-hydrogen) atoms. The molecule has 1 aromatic carbocycles. The molecule has 146 valence electrons. The standard InChI is InChI=1S/C20H32BrN3O2/c1-6-22(7-2)15-16-14-17(21)8-9-18(16)23-10-12-24(13-11-23)19(25)26-20(3,4)5/h8-9,14H,6-7,10-13,15H2,1-5H3. The van der Waals surface area contributed by atoms with E-state index < -0.39 is 5.60 Å². The van der Waals surface area contributed by atoms with Gasteiger partial charge in [0.2, 0.25) is 0 Å². The van der Waals surface area contributed by atoms with Gasteiger partial charge in [-0.3, -0.25) is 4.90 Å². The maximum Gasteiger partial charge on any atom is 0.410 e. The Morgan fingerprint density at radius 2 is 1.77 bits per heavy atom. The number of carbonyl (C=O) groups excluding carboxylic acids is 1. The molecule has 0 aliphatic carbocycles. The average Bonchev–Trinajstić information content (AvgIpc) is 2.58. The van der Waals surface area contributed by atoms with Gasteiger partial charge in [-0.1, -0.05) is 29.8 Å². The highest BCUT2D eigenvalue weighted by Crippen LogP contribution is 2.27. The van der Waals surface area contributed by atoms with Crippen LogP contribution in [0.3, 0.4) is 0 Å². The third-order valence-corrected chi connectivity index (χ3v) is 5.10. The van der Waals surface area contributed by atoms with E-state index in [2.05, 4.69) is 57.8 Å². The number of ether oxygens (including phenoxy) is 1. The van der Waals surface area contributed by atoms with Gasteiger partial charge in [-0.2, -0.15) is 0 Å². The predicted molar refractivity (Wildman–Crippen MR) is 111 cm³/mol. The molecule has 0 bridgehead atoms. The molecule has 6 heteroatoms. The van der Waals surface area contributed by atoms with Crippen LogP contribution in [0.15, 0.2) is 22.7 Å². The summed E-state index contributed by atoms with van der Waals surface area (Å²) in [6, 6.07) is 6.50. The first-order chi connectivity index (χ1) is 12.2. The molecule has 2 rings (SSSR count). The summed E-state index contributed by atoms with van der Waals surface area (Å²) < 4.78 is 6.60. The van der Waals surface area contributed by atoms with Crippen molar-refractivity contribution in [3.63, 3.8) is 0 Å². The second-order valence-corrected chi connectivity index (χ2v) is 8.60. The number of hydrogen-bond acceptors (Lipinski definition) is 4. The van der Waals surface area contributed by atoms with Crippen molar-refractivity contribution in [1.82, 2.24) is 9.80 Å². The van der Waals surface area contributed by atoms with Gasteiger partial charge in [0.15, 0.2) is 0 Å². The average molecular weight is 426 g/mol. The molecule has 0 saturated carbocycles. The minimum atomic E-state index is -0.448. The number of piperazine rings is 1. The lowest BCUT2D eigenvalue weighted by atomic mass is 10.1. The number of benzene rings is 1. The fourth-order valence-electron chi connectivity index (χ4n) is 3.13. The maximum absolute atomic E-state index is 12.3. The smallest absolute Gasteiger partial charge is 0.410 e.